The Morgan fingerprint density at radius 1 is 1.37 bits per heavy atom. The molecular weight excluding hydrogens is 238 g/mol. The van der Waals surface area contributed by atoms with Crippen molar-refractivity contribution in [2.45, 2.75) is 19.9 Å². The molecule has 1 aliphatic heterocycles. The number of benzene rings is 1. The molecule has 2 N–H and O–H groups in total. The van der Waals surface area contributed by atoms with Crippen molar-refractivity contribution in [2.75, 3.05) is 24.5 Å². The third-order valence-electron chi connectivity index (χ3n) is 3.42. The van der Waals surface area contributed by atoms with Gasteiger partial charge in [0.2, 0.25) is 5.95 Å². The monoisotopic (exact) mass is 257 g/mol. The summed E-state index contributed by atoms with van der Waals surface area (Å²) in [5, 5.41) is 10.8. The lowest BCUT2D eigenvalue weighted by molar-refractivity contribution is 0.480. The van der Waals surface area contributed by atoms with Gasteiger partial charge in [0.25, 0.3) is 0 Å². The maximum atomic E-state index is 4.61. The number of piperazine rings is 1. The number of nitrogens with zero attached hydrogens (tertiary/aromatic N) is 3. The SMILES string of the molecule is Cc1cccc(-c2nc(N3CCNC(C)C3)n[nH]2)c1. The molecule has 100 valence electrons. The highest BCUT2D eigenvalue weighted by Gasteiger charge is 2.19. The van der Waals surface area contributed by atoms with Crippen molar-refractivity contribution in [2.24, 2.45) is 0 Å². The molecule has 5 nitrogen and oxygen atoms in total. The Kier molecular flexibility index (Phi) is 3.21. The molecule has 1 fully saturated rings. The van der Waals surface area contributed by atoms with Crippen LogP contribution in [-0.4, -0.2) is 40.9 Å². The van der Waals surface area contributed by atoms with Gasteiger partial charge in [-0.15, -0.1) is 5.10 Å². The van der Waals surface area contributed by atoms with Crippen molar-refractivity contribution in [3.05, 3.63) is 29.8 Å². The Morgan fingerprint density at radius 3 is 3.05 bits per heavy atom. The van der Waals surface area contributed by atoms with Gasteiger partial charge in [-0.2, -0.15) is 4.98 Å². The van der Waals surface area contributed by atoms with Crippen LogP contribution in [0, 0.1) is 6.92 Å². The van der Waals surface area contributed by atoms with Gasteiger partial charge in [0, 0.05) is 31.2 Å². The highest BCUT2D eigenvalue weighted by Crippen LogP contribution is 2.19. The molecule has 1 aromatic carbocycles. The van der Waals surface area contributed by atoms with E-state index < -0.39 is 0 Å². The van der Waals surface area contributed by atoms with Crippen molar-refractivity contribution in [3.63, 3.8) is 0 Å². The van der Waals surface area contributed by atoms with Crippen LogP contribution in [0.2, 0.25) is 0 Å². The maximum Gasteiger partial charge on any atom is 0.245 e. The summed E-state index contributed by atoms with van der Waals surface area (Å²) in [6.45, 7) is 7.15. The van der Waals surface area contributed by atoms with E-state index in [4.69, 9.17) is 0 Å². The summed E-state index contributed by atoms with van der Waals surface area (Å²) < 4.78 is 0. The quantitative estimate of drug-likeness (QED) is 0.857. The van der Waals surface area contributed by atoms with E-state index in [1.807, 2.05) is 6.07 Å². The molecule has 19 heavy (non-hydrogen) atoms. The Balaban J connectivity index is 1.83. The summed E-state index contributed by atoms with van der Waals surface area (Å²) >= 11 is 0. The Labute approximate surface area is 113 Å². The summed E-state index contributed by atoms with van der Waals surface area (Å²) in [4.78, 5) is 6.83. The molecule has 0 saturated carbocycles. The van der Waals surface area contributed by atoms with Gasteiger partial charge in [0.15, 0.2) is 5.82 Å². The minimum absolute atomic E-state index is 0.481. The second-order valence-electron chi connectivity index (χ2n) is 5.15. The lowest BCUT2D eigenvalue weighted by Crippen LogP contribution is -2.49. The van der Waals surface area contributed by atoms with Crippen LogP contribution in [0.4, 0.5) is 5.95 Å². The van der Waals surface area contributed by atoms with Crippen LogP contribution in [0.1, 0.15) is 12.5 Å². The van der Waals surface area contributed by atoms with Crippen LogP contribution in [0.5, 0.6) is 0 Å². The third-order valence-corrected chi connectivity index (χ3v) is 3.42. The number of hydrogen-bond donors (Lipinski definition) is 2. The zero-order valence-corrected chi connectivity index (χ0v) is 11.3. The van der Waals surface area contributed by atoms with Gasteiger partial charge < -0.3 is 10.2 Å². The highest BCUT2D eigenvalue weighted by molar-refractivity contribution is 5.57. The lowest BCUT2D eigenvalue weighted by atomic mass is 10.1. The first-order chi connectivity index (χ1) is 9.22. The van der Waals surface area contributed by atoms with Gasteiger partial charge >= 0.3 is 0 Å². The fourth-order valence-electron chi connectivity index (χ4n) is 2.43. The van der Waals surface area contributed by atoms with E-state index in [-0.39, 0.29) is 0 Å². The first kappa shape index (κ1) is 12.2. The molecule has 1 atom stereocenters. The molecule has 3 rings (SSSR count). The van der Waals surface area contributed by atoms with E-state index in [1.165, 1.54) is 5.56 Å². The first-order valence-electron chi connectivity index (χ1n) is 6.70. The lowest BCUT2D eigenvalue weighted by Gasteiger charge is -2.30. The Morgan fingerprint density at radius 2 is 2.26 bits per heavy atom. The topological polar surface area (TPSA) is 56.8 Å². The zero-order valence-electron chi connectivity index (χ0n) is 11.3. The van der Waals surface area contributed by atoms with E-state index >= 15 is 0 Å². The molecule has 1 unspecified atom stereocenters. The summed E-state index contributed by atoms with van der Waals surface area (Å²) in [7, 11) is 0. The Hall–Kier alpha value is -1.88. The van der Waals surface area contributed by atoms with Gasteiger partial charge in [-0.25, -0.2) is 0 Å². The molecule has 0 radical (unpaired) electrons. The second-order valence-corrected chi connectivity index (χ2v) is 5.15. The minimum atomic E-state index is 0.481. The minimum Gasteiger partial charge on any atom is -0.337 e. The van der Waals surface area contributed by atoms with Crippen molar-refractivity contribution in [3.8, 4) is 11.4 Å². The van der Waals surface area contributed by atoms with Gasteiger partial charge in [-0.1, -0.05) is 23.8 Å². The molecule has 5 heteroatoms. The molecular formula is C14H19N5. The van der Waals surface area contributed by atoms with Gasteiger partial charge in [-0.05, 0) is 19.9 Å². The summed E-state index contributed by atoms with van der Waals surface area (Å²) in [6, 6.07) is 8.77. The summed E-state index contributed by atoms with van der Waals surface area (Å²) in [6.07, 6.45) is 0. The van der Waals surface area contributed by atoms with E-state index in [2.05, 4.69) is 57.4 Å². The number of aryl methyl sites for hydroxylation is 1. The molecule has 2 aromatic rings. The van der Waals surface area contributed by atoms with Crippen LogP contribution in [-0.2, 0) is 0 Å². The summed E-state index contributed by atoms with van der Waals surface area (Å²) in [5.41, 5.74) is 2.31. The fourth-order valence-corrected chi connectivity index (χ4v) is 2.43. The van der Waals surface area contributed by atoms with E-state index in [1.54, 1.807) is 0 Å². The third kappa shape index (κ3) is 2.61. The van der Waals surface area contributed by atoms with Crippen molar-refractivity contribution in [1.29, 1.82) is 0 Å². The number of aromatic amines is 1. The van der Waals surface area contributed by atoms with Crippen LogP contribution in [0.25, 0.3) is 11.4 Å². The summed E-state index contributed by atoms with van der Waals surface area (Å²) in [5.74, 6) is 1.63. The normalized spacial score (nSPS) is 19.7. The molecule has 0 amide bonds. The second kappa shape index (κ2) is 5.01. The van der Waals surface area contributed by atoms with Gasteiger partial charge in [-0.3, -0.25) is 5.10 Å². The average Bonchev–Trinajstić information content (AvgIpc) is 2.88. The largest absolute Gasteiger partial charge is 0.337 e. The number of aromatic nitrogens is 3. The molecule has 1 aromatic heterocycles. The van der Waals surface area contributed by atoms with Gasteiger partial charge in [0.05, 0.1) is 0 Å². The molecule has 0 spiro atoms. The maximum absolute atomic E-state index is 4.61. The number of hydrogen-bond acceptors (Lipinski definition) is 4. The van der Waals surface area contributed by atoms with Gasteiger partial charge in [0.1, 0.15) is 0 Å². The van der Waals surface area contributed by atoms with Crippen LogP contribution in [0.3, 0.4) is 0 Å². The molecule has 0 bridgehead atoms. The molecule has 2 heterocycles. The predicted molar refractivity (Wildman–Crippen MR) is 76.2 cm³/mol. The van der Waals surface area contributed by atoms with Crippen LogP contribution in [0.15, 0.2) is 24.3 Å². The fraction of sp³-hybridized carbons (Fsp3) is 0.429. The van der Waals surface area contributed by atoms with Crippen LogP contribution >= 0.6 is 0 Å². The molecule has 1 saturated heterocycles. The number of H-pyrrole nitrogens is 1. The van der Waals surface area contributed by atoms with Crippen molar-refractivity contribution in [1.82, 2.24) is 20.5 Å². The van der Waals surface area contributed by atoms with E-state index in [0.717, 1.165) is 37.0 Å². The molecule has 1 aliphatic rings. The standard InChI is InChI=1S/C14H19N5/c1-10-4-3-5-12(8-10)13-16-14(18-17-13)19-7-6-15-11(2)9-19/h3-5,8,11,15H,6-7,9H2,1-2H3,(H,16,17,18). The Bertz CT molecular complexity index is 562. The van der Waals surface area contributed by atoms with E-state index in [9.17, 15) is 0 Å². The number of anilines is 1. The van der Waals surface area contributed by atoms with Crippen molar-refractivity contribution < 1.29 is 0 Å². The van der Waals surface area contributed by atoms with E-state index in [0.29, 0.717) is 6.04 Å². The first-order valence-corrected chi connectivity index (χ1v) is 6.70. The predicted octanol–water partition coefficient (Wildman–Crippen LogP) is 1.58. The highest BCUT2D eigenvalue weighted by atomic mass is 15.4. The zero-order chi connectivity index (χ0) is 13.2. The number of nitrogens with one attached hydrogen (secondary N) is 2. The van der Waals surface area contributed by atoms with Crippen LogP contribution < -0.4 is 10.2 Å². The molecule has 0 aliphatic carbocycles. The number of rotatable bonds is 2. The average molecular weight is 257 g/mol. The van der Waals surface area contributed by atoms with Crippen molar-refractivity contribution >= 4 is 5.95 Å². The smallest absolute Gasteiger partial charge is 0.245 e.